The topological polar surface area (TPSA) is 84.1 Å². The van der Waals surface area contributed by atoms with E-state index in [0.29, 0.717) is 48.9 Å². The molecule has 2 aliphatic rings. The minimum atomic E-state index is -0.0651. The Kier molecular flexibility index (Phi) is 6.51. The molecule has 36 heavy (non-hydrogen) atoms. The molecule has 0 saturated carbocycles. The lowest BCUT2D eigenvalue weighted by Crippen LogP contribution is -2.47. The van der Waals surface area contributed by atoms with Gasteiger partial charge in [-0.3, -0.25) is 9.59 Å². The van der Waals surface area contributed by atoms with Crippen molar-refractivity contribution in [3.63, 3.8) is 0 Å². The molecule has 0 bridgehead atoms. The Labute approximate surface area is 211 Å². The molecule has 0 radical (unpaired) electrons. The van der Waals surface area contributed by atoms with Crippen LogP contribution in [0.2, 0.25) is 0 Å². The number of aromatic amines is 1. The number of para-hydroxylation sites is 1. The van der Waals surface area contributed by atoms with E-state index < -0.39 is 0 Å². The number of amides is 2. The highest BCUT2D eigenvalue weighted by atomic mass is 16.5. The van der Waals surface area contributed by atoms with Gasteiger partial charge in [0.15, 0.2) is 11.5 Å². The van der Waals surface area contributed by atoms with Gasteiger partial charge in [0.05, 0.1) is 27.8 Å². The van der Waals surface area contributed by atoms with Crippen molar-refractivity contribution in [2.24, 2.45) is 5.41 Å². The zero-order valence-electron chi connectivity index (χ0n) is 21.1. The Hall–Kier alpha value is -3.68. The van der Waals surface area contributed by atoms with Crippen molar-refractivity contribution in [2.75, 3.05) is 47.5 Å². The molecule has 2 fully saturated rings. The summed E-state index contributed by atoms with van der Waals surface area (Å²) in [5, 5.41) is 1.10. The van der Waals surface area contributed by atoms with E-state index in [9.17, 15) is 9.59 Å². The van der Waals surface area contributed by atoms with Gasteiger partial charge in [-0.05, 0) is 43.0 Å². The van der Waals surface area contributed by atoms with Gasteiger partial charge >= 0.3 is 0 Å². The van der Waals surface area contributed by atoms with Crippen LogP contribution in [-0.4, -0.2) is 74.1 Å². The fourth-order valence-electron chi connectivity index (χ4n) is 5.80. The smallest absolute Gasteiger partial charge is 0.254 e. The first-order valence-electron chi connectivity index (χ1n) is 12.4. The largest absolute Gasteiger partial charge is 0.493 e. The SMILES string of the molecule is COc1cc(C(=O)N2CCCC3(CCN(C(=O)Cc4c[nH]c5ccccc45)C3)C2)cc(OC)c1OC. The van der Waals surface area contributed by atoms with E-state index in [-0.39, 0.29) is 17.2 Å². The van der Waals surface area contributed by atoms with Crippen LogP contribution in [0.5, 0.6) is 17.2 Å². The molecule has 2 aliphatic heterocycles. The van der Waals surface area contributed by atoms with Gasteiger partial charge in [-0.25, -0.2) is 0 Å². The van der Waals surface area contributed by atoms with E-state index in [0.717, 1.165) is 42.3 Å². The molecular weight excluding hydrogens is 458 g/mol. The van der Waals surface area contributed by atoms with Gasteiger partial charge < -0.3 is 29.0 Å². The number of benzene rings is 2. The molecule has 1 unspecified atom stereocenters. The minimum Gasteiger partial charge on any atom is -0.493 e. The van der Waals surface area contributed by atoms with Crippen LogP contribution >= 0.6 is 0 Å². The highest BCUT2D eigenvalue weighted by molar-refractivity contribution is 5.96. The first-order valence-corrected chi connectivity index (χ1v) is 12.4. The van der Waals surface area contributed by atoms with Gasteiger partial charge in [-0.15, -0.1) is 0 Å². The van der Waals surface area contributed by atoms with Crippen LogP contribution in [0.3, 0.4) is 0 Å². The van der Waals surface area contributed by atoms with Gasteiger partial charge in [0, 0.05) is 54.3 Å². The lowest BCUT2D eigenvalue weighted by Gasteiger charge is -2.40. The number of hydrogen-bond acceptors (Lipinski definition) is 5. The van der Waals surface area contributed by atoms with E-state index in [1.165, 1.54) is 0 Å². The predicted molar refractivity (Wildman–Crippen MR) is 137 cm³/mol. The van der Waals surface area contributed by atoms with Crippen LogP contribution in [0.15, 0.2) is 42.6 Å². The van der Waals surface area contributed by atoms with Crippen LogP contribution in [0.25, 0.3) is 10.9 Å². The molecule has 2 amide bonds. The summed E-state index contributed by atoms with van der Waals surface area (Å²) in [7, 11) is 4.63. The van der Waals surface area contributed by atoms with E-state index in [1.807, 2.05) is 40.3 Å². The molecule has 8 heteroatoms. The number of rotatable bonds is 6. The Morgan fingerprint density at radius 3 is 2.39 bits per heavy atom. The number of nitrogens with zero attached hydrogens (tertiary/aromatic N) is 2. The molecule has 2 saturated heterocycles. The van der Waals surface area contributed by atoms with Crippen LogP contribution < -0.4 is 14.2 Å². The van der Waals surface area contributed by atoms with Crippen LogP contribution in [0, 0.1) is 5.41 Å². The zero-order chi connectivity index (χ0) is 25.3. The molecule has 3 heterocycles. The number of likely N-dealkylation sites (tertiary alicyclic amines) is 2. The maximum Gasteiger partial charge on any atom is 0.254 e. The number of piperidine rings is 1. The predicted octanol–water partition coefficient (Wildman–Crippen LogP) is 3.89. The second-order valence-electron chi connectivity index (χ2n) is 9.85. The number of ether oxygens (including phenoxy) is 3. The summed E-state index contributed by atoms with van der Waals surface area (Å²) < 4.78 is 16.3. The third-order valence-electron chi connectivity index (χ3n) is 7.67. The normalized spacial score (nSPS) is 19.6. The fraction of sp³-hybridized carbons (Fsp3) is 0.429. The second kappa shape index (κ2) is 9.76. The quantitative estimate of drug-likeness (QED) is 0.566. The highest BCUT2D eigenvalue weighted by Gasteiger charge is 2.44. The maximum atomic E-state index is 13.5. The number of hydrogen-bond donors (Lipinski definition) is 1. The van der Waals surface area contributed by atoms with Crippen LogP contribution in [0.1, 0.15) is 35.2 Å². The first-order chi connectivity index (χ1) is 17.5. The highest BCUT2D eigenvalue weighted by Crippen LogP contribution is 2.41. The summed E-state index contributed by atoms with van der Waals surface area (Å²) in [6.45, 7) is 2.75. The summed E-state index contributed by atoms with van der Waals surface area (Å²) >= 11 is 0. The number of nitrogens with one attached hydrogen (secondary N) is 1. The van der Waals surface area contributed by atoms with Crippen LogP contribution in [0.4, 0.5) is 0 Å². The number of carbonyl (C=O) groups excluding carboxylic acids is 2. The summed E-state index contributed by atoms with van der Waals surface area (Å²) in [6.07, 6.45) is 5.16. The molecule has 190 valence electrons. The van der Waals surface area contributed by atoms with Crippen molar-refractivity contribution in [1.29, 1.82) is 0 Å². The average Bonchev–Trinajstić information content (AvgIpc) is 3.51. The third kappa shape index (κ3) is 4.36. The van der Waals surface area contributed by atoms with Crippen molar-refractivity contribution >= 4 is 22.7 Å². The first kappa shape index (κ1) is 24.0. The van der Waals surface area contributed by atoms with Crippen molar-refractivity contribution in [3.8, 4) is 17.2 Å². The molecule has 2 aromatic carbocycles. The third-order valence-corrected chi connectivity index (χ3v) is 7.67. The van der Waals surface area contributed by atoms with Crippen LogP contribution in [-0.2, 0) is 11.2 Å². The number of methoxy groups -OCH3 is 3. The van der Waals surface area contributed by atoms with Gasteiger partial charge in [-0.1, -0.05) is 18.2 Å². The zero-order valence-corrected chi connectivity index (χ0v) is 21.1. The van der Waals surface area contributed by atoms with E-state index >= 15 is 0 Å². The van der Waals surface area contributed by atoms with Crippen molar-refractivity contribution in [2.45, 2.75) is 25.7 Å². The lowest BCUT2D eigenvalue weighted by molar-refractivity contribution is -0.129. The van der Waals surface area contributed by atoms with Crippen molar-refractivity contribution in [3.05, 3.63) is 53.7 Å². The van der Waals surface area contributed by atoms with E-state index in [1.54, 1.807) is 33.5 Å². The van der Waals surface area contributed by atoms with E-state index in [4.69, 9.17) is 14.2 Å². The maximum absolute atomic E-state index is 13.5. The van der Waals surface area contributed by atoms with Gasteiger partial charge in [-0.2, -0.15) is 0 Å². The summed E-state index contributed by atoms with van der Waals surface area (Å²) in [6, 6.07) is 11.5. The summed E-state index contributed by atoms with van der Waals surface area (Å²) in [4.78, 5) is 33.9. The average molecular weight is 492 g/mol. The molecule has 1 aromatic heterocycles. The van der Waals surface area contributed by atoms with Gasteiger partial charge in [0.25, 0.3) is 5.91 Å². The van der Waals surface area contributed by atoms with Gasteiger partial charge in [0.2, 0.25) is 11.7 Å². The fourth-order valence-corrected chi connectivity index (χ4v) is 5.80. The molecular formula is C28H33N3O5. The molecule has 1 N–H and O–H groups in total. The second-order valence-corrected chi connectivity index (χ2v) is 9.85. The Balaban J connectivity index is 1.29. The molecule has 0 aliphatic carbocycles. The van der Waals surface area contributed by atoms with Crippen molar-refractivity contribution in [1.82, 2.24) is 14.8 Å². The Bertz CT molecular complexity index is 1260. The monoisotopic (exact) mass is 491 g/mol. The molecule has 1 spiro atoms. The summed E-state index contributed by atoms with van der Waals surface area (Å²) in [5.41, 5.74) is 2.52. The Morgan fingerprint density at radius 2 is 1.67 bits per heavy atom. The lowest BCUT2D eigenvalue weighted by atomic mass is 9.79. The molecule has 5 rings (SSSR count). The summed E-state index contributed by atoms with van der Waals surface area (Å²) in [5.74, 6) is 1.47. The standard InChI is InChI=1S/C28H33N3O5/c1-34-23-13-19(14-24(35-2)26(23)36-3)27(33)31-11-6-9-28(18-31)10-12-30(17-28)25(32)15-20-16-29-22-8-5-4-7-21(20)22/h4-5,7-8,13-14,16,29H,6,9-12,15,17-18H2,1-3H3. The number of carbonyl (C=O) groups is 2. The minimum absolute atomic E-state index is 0.0584. The molecule has 1 atom stereocenters. The number of H-pyrrole nitrogens is 1. The van der Waals surface area contributed by atoms with Gasteiger partial charge in [0.1, 0.15) is 0 Å². The number of aromatic nitrogens is 1. The molecule has 3 aromatic rings. The van der Waals surface area contributed by atoms with Crippen molar-refractivity contribution < 1.29 is 23.8 Å². The van der Waals surface area contributed by atoms with E-state index in [2.05, 4.69) is 4.98 Å². The molecule has 8 nitrogen and oxygen atoms in total. The number of fused-ring (bicyclic) bond motifs is 1. The Morgan fingerprint density at radius 1 is 0.944 bits per heavy atom.